The summed E-state index contributed by atoms with van der Waals surface area (Å²) in [6.45, 7) is 2.03. The fourth-order valence-electron chi connectivity index (χ4n) is 1.61. The van der Waals surface area contributed by atoms with Gasteiger partial charge in [-0.15, -0.1) is 11.6 Å². The van der Waals surface area contributed by atoms with E-state index in [4.69, 9.17) is 11.6 Å². The average Bonchev–Trinajstić information content (AvgIpc) is 2.42. The zero-order chi connectivity index (χ0) is 13.0. The van der Waals surface area contributed by atoms with Gasteiger partial charge >= 0.3 is 0 Å². The Balaban J connectivity index is 2.26. The minimum Gasteiger partial charge on any atom is -0.344 e. The van der Waals surface area contributed by atoms with Gasteiger partial charge in [0, 0.05) is 18.3 Å². The Labute approximate surface area is 120 Å². The molecule has 18 heavy (non-hydrogen) atoms. The predicted molar refractivity (Wildman–Crippen MR) is 77.9 cm³/mol. The molecular formula is C13H13BrClN3. The lowest BCUT2D eigenvalue weighted by Crippen LogP contribution is -2.34. The summed E-state index contributed by atoms with van der Waals surface area (Å²) in [6, 6.07) is 10.0. The number of anilines is 1. The molecule has 0 aliphatic carbocycles. The summed E-state index contributed by atoms with van der Waals surface area (Å²) < 4.78 is 0.848. The number of nitrogens with zero attached hydrogens (tertiary/aromatic N) is 2. The third kappa shape index (κ3) is 3.00. The second-order valence-corrected chi connectivity index (χ2v) is 5.36. The highest BCUT2D eigenvalue weighted by molar-refractivity contribution is 9.10. The maximum Gasteiger partial charge on any atom is 0.223 e. The summed E-state index contributed by atoms with van der Waals surface area (Å²) in [5.41, 5.74) is 0.711. The smallest absolute Gasteiger partial charge is 0.223 e. The van der Waals surface area contributed by atoms with E-state index in [2.05, 4.69) is 31.2 Å². The van der Waals surface area contributed by atoms with Crippen LogP contribution in [0.5, 0.6) is 0 Å². The zero-order valence-electron chi connectivity index (χ0n) is 9.90. The molecule has 0 spiro atoms. The van der Waals surface area contributed by atoms with E-state index in [1.54, 1.807) is 12.4 Å². The van der Waals surface area contributed by atoms with E-state index in [0.29, 0.717) is 11.8 Å². The Hall–Kier alpha value is -1.13. The van der Waals surface area contributed by atoms with Crippen LogP contribution in [0.2, 0.25) is 0 Å². The SMILES string of the molecule is CC(CCl)(Nc1ncc(Br)cn1)c1ccccc1. The van der Waals surface area contributed by atoms with Crippen LogP contribution < -0.4 is 5.32 Å². The van der Waals surface area contributed by atoms with Crippen LogP contribution in [0.15, 0.2) is 47.2 Å². The lowest BCUT2D eigenvalue weighted by Gasteiger charge is -2.29. The summed E-state index contributed by atoms with van der Waals surface area (Å²) in [5.74, 6) is 0.987. The maximum atomic E-state index is 6.10. The molecule has 2 aromatic rings. The van der Waals surface area contributed by atoms with E-state index in [9.17, 15) is 0 Å². The van der Waals surface area contributed by atoms with Gasteiger partial charge in [0.25, 0.3) is 0 Å². The van der Waals surface area contributed by atoms with Crippen molar-refractivity contribution >= 4 is 33.5 Å². The number of aromatic nitrogens is 2. The fraction of sp³-hybridized carbons (Fsp3) is 0.231. The summed E-state index contributed by atoms with van der Waals surface area (Å²) in [7, 11) is 0. The Morgan fingerprint density at radius 1 is 1.22 bits per heavy atom. The first-order valence-electron chi connectivity index (χ1n) is 5.51. The van der Waals surface area contributed by atoms with Crippen LogP contribution >= 0.6 is 27.5 Å². The molecule has 5 heteroatoms. The van der Waals surface area contributed by atoms with Crippen molar-refractivity contribution < 1.29 is 0 Å². The number of alkyl halides is 1. The van der Waals surface area contributed by atoms with Crippen molar-refractivity contribution in [2.75, 3.05) is 11.2 Å². The van der Waals surface area contributed by atoms with Crippen molar-refractivity contribution in [2.45, 2.75) is 12.5 Å². The Kier molecular flexibility index (Phi) is 4.19. The first-order valence-corrected chi connectivity index (χ1v) is 6.84. The molecule has 2 rings (SSSR count). The number of benzene rings is 1. The predicted octanol–water partition coefficient (Wildman–Crippen LogP) is 3.81. The van der Waals surface area contributed by atoms with Gasteiger partial charge in [0.1, 0.15) is 0 Å². The molecule has 0 aliphatic rings. The van der Waals surface area contributed by atoms with Gasteiger partial charge in [0.15, 0.2) is 0 Å². The minimum absolute atomic E-state index is 0.392. The molecule has 1 aromatic heterocycles. The van der Waals surface area contributed by atoms with Gasteiger partial charge in [-0.2, -0.15) is 0 Å². The first-order chi connectivity index (χ1) is 8.64. The van der Waals surface area contributed by atoms with E-state index in [1.165, 1.54) is 0 Å². The van der Waals surface area contributed by atoms with Crippen LogP contribution in [0, 0.1) is 0 Å². The van der Waals surface area contributed by atoms with Crippen LogP contribution in [0.1, 0.15) is 12.5 Å². The van der Waals surface area contributed by atoms with E-state index in [1.807, 2.05) is 37.3 Å². The summed E-state index contributed by atoms with van der Waals surface area (Å²) in [5, 5.41) is 3.27. The van der Waals surface area contributed by atoms with Crippen LogP contribution in [0.25, 0.3) is 0 Å². The average molecular weight is 327 g/mol. The molecule has 0 radical (unpaired) electrons. The first kappa shape index (κ1) is 13.3. The van der Waals surface area contributed by atoms with E-state index >= 15 is 0 Å². The van der Waals surface area contributed by atoms with Crippen LogP contribution in [-0.2, 0) is 5.54 Å². The largest absolute Gasteiger partial charge is 0.344 e. The molecular weight excluding hydrogens is 314 g/mol. The van der Waals surface area contributed by atoms with E-state index in [-0.39, 0.29) is 0 Å². The highest BCUT2D eigenvalue weighted by Gasteiger charge is 2.26. The van der Waals surface area contributed by atoms with Gasteiger partial charge in [-0.05, 0) is 28.4 Å². The molecule has 0 fully saturated rings. The van der Waals surface area contributed by atoms with E-state index in [0.717, 1.165) is 10.0 Å². The molecule has 0 bridgehead atoms. The van der Waals surface area contributed by atoms with Crippen molar-refractivity contribution in [1.82, 2.24) is 9.97 Å². The lowest BCUT2D eigenvalue weighted by molar-refractivity contribution is 0.609. The van der Waals surface area contributed by atoms with Crippen molar-refractivity contribution in [2.24, 2.45) is 0 Å². The quantitative estimate of drug-likeness (QED) is 0.868. The van der Waals surface area contributed by atoms with Gasteiger partial charge in [0.2, 0.25) is 5.95 Å². The summed E-state index contributed by atoms with van der Waals surface area (Å²) in [4.78, 5) is 8.42. The van der Waals surface area contributed by atoms with Gasteiger partial charge < -0.3 is 5.32 Å². The number of rotatable bonds is 4. The Morgan fingerprint density at radius 2 is 1.83 bits per heavy atom. The molecule has 0 aliphatic heterocycles. The molecule has 1 aromatic carbocycles. The molecule has 94 valence electrons. The molecule has 1 unspecified atom stereocenters. The number of halogens is 2. The van der Waals surface area contributed by atoms with Crippen molar-refractivity contribution in [3.63, 3.8) is 0 Å². The standard InChI is InChI=1S/C13H13BrClN3/c1-13(9-15,10-5-3-2-4-6-10)18-12-16-7-11(14)8-17-12/h2-8H,9H2,1H3,(H,16,17,18). The topological polar surface area (TPSA) is 37.8 Å². The summed E-state index contributed by atoms with van der Waals surface area (Å²) in [6.07, 6.45) is 3.41. The van der Waals surface area contributed by atoms with Gasteiger partial charge in [0.05, 0.1) is 10.0 Å². The van der Waals surface area contributed by atoms with Crippen LogP contribution in [0.4, 0.5) is 5.95 Å². The minimum atomic E-state index is -0.392. The van der Waals surface area contributed by atoms with Gasteiger partial charge in [-0.3, -0.25) is 0 Å². The van der Waals surface area contributed by atoms with E-state index < -0.39 is 5.54 Å². The lowest BCUT2D eigenvalue weighted by atomic mass is 9.94. The van der Waals surface area contributed by atoms with Gasteiger partial charge in [-0.1, -0.05) is 30.3 Å². The zero-order valence-corrected chi connectivity index (χ0v) is 12.2. The normalized spacial score (nSPS) is 13.9. The molecule has 1 atom stereocenters. The van der Waals surface area contributed by atoms with Crippen LogP contribution in [-0.4, -0.2) is 15.8 Å². The molecule has 1 heterocycles. The number of nitrogens with one attached hydrogen (secondary N) is 1. The Morgan fingerprint density at radius 3 is 2.39 bits per heavy atom. The monoisotopic (exact) mass is 325 g/mol. The third-order valence-corrected chi connectivity index (χ3v) is 3.63. The number of hydrogen-bond donors (Lipinski definition) is 1. The third-order valence-electron chi connectivity index (χ3n) is 2.69. The van der Waals surface area contributed by atoms with Crippen molar-refractivity contribution in [1.29, 1.82) is 0 Å². The molecule has 3 nitrogen and oxygen atoms in total. The van der Waals surface area contributed by atoms with Gasteiger partial charge in [-0.25, -0.2) is 9.97 Å². The second kappa shape index (κ2) is 5.67. The molecule has 0 amide bonds. The highest BCUT2D eigenvalue weighted by Crippen LogP contribution is 2.26. The molecule has 1 N–H and O–H groups in total. The molecule has 0 saturated carbocycles. The van der Waals surface area contributed by atoms with Crippen molar-refractivity contribution in [3.05, 3.63) is 52.8 Å². The fourth-order valence-corrected chi connectivity index (χ4v) is 2.04. The Bertz CT molecular complexity index is 503. The maximum absolute atomic E-state index is 6.10. The second-order valence-electron chi connectivity index (χ2n) is 4.18. The highest BCUT2D eigenvalue weighted by atomic mass is 79.9. The number of hydrogen-bond acceptors (Lipinski definition) is 3. The van der Waals surface area contributed by atoms with Crippen molar-refractivity contribution in [3.8, 4) is 0 Å². The molecule has 0 saturated heterocycles. The summed E-state index contributed by atoms with van der Waals surface area (Å²) >= 11 is 9.41. The van der Waals surface area contributed by atoms with Crippen LogP contribution in [0.3, 0.4) is 0 Å².